The van der Waals surface area contributed by atoms with Crippen LogP contribution in [0.15, 0.2) is 9.98 Å². The van der Waals surface area contributed by atoms with E-state index in [2.05, 4.69) is 33.2 Å². The van der Waals surface area contributed by atoms with Crippen molar-refractivity contribution in [3.63, 3.8) is 0 Å². The maximum atomic E-state index is 11.0. The summed E-state index contributed by atoms with van der Waals surface area (Å²) >= 11 is 5.01. The molecule has 0 spiro atoms. The third-order valence-electron chi connectivity index (χ3n) is 1.89. The summed E-state index contributed by atoms with van der Waals surface area (Å²) in [6, 6.07) is 0.452. The van der Waals surface area contributed by atoms with Crippen LogP contribution >= 0.6 is 27.3 Å². The summed E-state index contributed by atoms with van der Waals surface area (Å²) in [5.41, 5.74) is 0. The summed E-state index contributed by atoms with van der Waals surface area (Å²) in [4.78, 5) is 4.28. The van der Waals surface area contributed by atoms with Crippen molar-refractivity contribution >= 4 is 38.1 Å². The molecule has 0 amide bonds. The largest absolute Gasteiger partial charge is 0.305 e. The highest BCUT2D eigenvalue weighted by molar-refractivity contribution is 9.11. The van der Waals surface area contributed by atoms with E-state index in [1.165, 1.54) is 0 Å². The average Bonchev–Trinajstić information content (AvgIpc) is 2.49. The SMILES string of the molecule is CC(CS(C)=O)NC(C)c1ncc(Br)s1. The minimum absolute atomic E-state index is 0.208. The van der Waals surface area contributed by atoms with Crippen molar-refractivity contribution < 1.29 is 4.21 Å². The summed E-state index contributed by atoms with van der Waals surface area (Å²) in [5, 5.41) is 4.43. The third kappa shape index (κ3) is 4.72. The fraction of sp³-hybridized carbons (Fsp3) is 0.667. The van der Waals surface area contributed by atoms with Gasteiger partial charge in [-0.1, -0.05) is 0 Å². The number of halogens is 1. The predicted octanol–water partition coefficient (Wildman–Crippen LogP) is 2.32. The first-order chi connectivity index (χ1) is 6.99. The van der Waals surface area contributed by atoms with Gasteiger partial charge in [0, 0.05) is 28.9 Å². The van der Waals surface area contributed by atoms with Gasteiger partial charge < -0.3 is 5.32 Å². The molecule has 0 aliphatic heterocycles. The van der Waals surface area contributed by atoms with Gasteiger partial charge in [0.1, 0.15) is 5.01 Å². The first-order valence-corrected chi connectivity index (χ1v) is 8.00. The molecule has 3 unspecified atom stereocenters. The molecule has 86 valence electrons. The van der Waals surface area contributed by atoms with E-state index in [-0.39, 0.29) is 12.1 Å². The smallest absolute Gasteiger partial charge is 0.110 e. The van der Waals surface area contributed by atoms with Crippen LogP contribution < -0.4 is 5.32 Å². The van der Waals surface area contributed by atoms with Gasteiger partial charge in [-0.15, -0.1) is 11.3 Å². The minimum Gasteiger partial charge on any atom is -0.305 e. The molecule has 0 fully saturated rings. The Morgan fingerprint density at radius 3 is 2.80 bits per heavy atom. The Morgan fingerprint density at radius 2 is 2.33 bits per heavy atom. The maximum Gasteiger partial charge on any atom is 0.110 e. The highest BCUT2D eigenvalue weighted by atomic mass is 79.9. The van der Waals surface area contributed by atoms with Crippen LogP contribution in [0.1, 0.15) is 24.9 Å². The molecule has 1 N–H and O–H groups in total. The molecule has 0 bridgehead atoms. The highest BCUT2D eigenvalue weighted by Gasteiger charge is 2.13. The van der Waals surface area contributed by atoms with Gasteiger partial charge in [0.05, 0.1) is 16.0 Å². The van der Waals surface area contributed by atoms with Gasteiger partial charge >= 0.3 is 0 Å². The molecule has 1 aromatic heterocycles. The van der Waals surface area contributed by atoms with Crippen LogP contribution in [-0.4, -0.2) is 27.2 Å². The second kappa shape index (κ2) is 6.08. The van der Waals surface area contributed by atoms with Gasteiger partial charge in [0.15, 0.2) is 0 Å². The van der Waals surface area contributed by atoms with Gasteiger partial charge in [0.2, 0.25) is 0 Å². The van der Waals surface area contributed by atoms with E-state index < -0.39 is 10.8 Å². The van der Waals surface area contributed by atoms with Gasteiger partial charge in [-0.3, -0.25) is 4.21 Å². The number of nitrogens with zero attached hydrogens (tertiary/aromatic N) is 1. The molecule has 1 rings (SSSR count). The first kappa shape index (κ1) is 13.3. The molecule has 0 saturated heterocycles. The molecule has 1 heterocycles. The lowest BCUT2D eigenvalue weighted by atomic mass is 10.3. The van der Waals surface area contributed by atoms with Crippen molar-refractivity contribution in [1.29, 1.82) is 0 Å². The van der Waals surface area contributed by atoms with E-state index in [0.717, 1.165) is 8.79 Å². The second-order valence-electron chi connectivity index (χ2n) is 3.53. The van der Waals surface area contributed by atoms with Crippen LogP contribution in [0.4, 0.5) is 0 Å². The van der Waals surface area contributed by atoms with Gasteiger partial charge in [-0.05, 0) is 29.8 Å². The van der Waals surface area contributed by atoms with Crippen LogP contribution in [0.5, 0.6) is 0 Å². The van der Waals surface area contributed by atoms with E-state index in [1.807, 2.05) is 6.92 Å². The van der Waals surface area contributed by atoms with Crippen molar-refractivity contribution in [1.82, 2.24) is 10.3 Å². The normalized spacial score (nSPS) is 17.3. The number of hydrogen-bond acceptors (Lipinski definition) is 4. The van der Waals surface area contributed by atoms with Gasteiger partial charge in [-0.2, -0.15) is 0 Å². The zero-order valence-corrected chi connectivity index (χ0v) is 12.2. The second-order valence-corrected chi connectivity index (χ2v) is 7.45. The number of rotatable bonds is 5. The zero-order chi connectivity index (χ0) is 11.4. The molecule has 15 heavy (non-hydrogen) atoms. The lowest BCUT2D eigenvalue weighted by molar-refractivity contribution is 0.506. The van der Waals surface area contributed by atoms with E-state index in [0.29, 0.717) is 5.75 Å². The topological polar surface area (TPSA) is 42.0 Å². The summed E-state index contributed by atoms with van der Waals surface area (Å²) in [5.74, 6) is 0.677. The summed E-state index contributed by atoms with van der Waals surface area (Å²) < 4.78 is 12.1. The molecule has 1 aromatic rings. The number of hydrogen-bond donors (Lipinski definition) is 1. The highest BCUT2D eigenvalue weighted by Crippen LogP contribution is 2.24. The van der Waals surface area contributed by atoms with Crippen molar-refractivity contribution in [2.75, 3.05) is 12.0 Å². The Labute approximate surface area is 105 Å². The summed E-state index contributed by atoms with van der Waals surface area (Å²) in [6.07, 6.45) is 3.53. The van der Waals surface area contributed by atoms with Gasteiger partial charge in [0.25, 0.3) is 0 Å². The lowest BCUT2D eigenvalue weighted by Gasteiger charge is -2.17. The Morgan fingerprint density at radius 1 is 1.67 bits per heavy atom. The molecule has 3 nitrogen and oxygen atoms in total. The molecule has 0 aromatic carbocycles. The van der Waals surface area contributed by atoms with Crippen LogP contribution in [0.3, 0.4) is 0 Å². The molecule has 6 heteroatoms. The van der Waals surface area contributed by atoms with Crippen molar-refractivity contribution in [3.8, 4) is 0 Å². The Balaban J connectivity index is 2.48. The third-order valence-corrected chi connectivity index (χ3v) is 4.51. The minimum atomic E-state index is -0.752. The zero-order valence-electron chi connectivity index (χ0n) is 8.99. The molecule has 0 saturated carbocycles. The Bertz CT molecular complexity index is 343. The number of aromatic nitrogens is 1. The number of nitrogens with one attached hydrogen (secondary N) is 1. The van der Waals surface area contributed by atoms with Crippen molar-refractivity contribution in [2.45, 2.75) is 25.9 Å². The average molecular weight is 311 g/mol. The monoisotopic (exact) mass is 310 g/mol. The molecule has 3 atom stereocenters. The van der Waals surface area contributed by atoms with E-state index in [1.54, 1.807) is 23.8 Å². The molecule has 0 aliphatic carbocycles. The van der Waals surface area contributed by atoms with Crippen molar-refractivity contribution in [3.05, 3.63) is 15.0 Å². The standard InChI is InChI=1S/C9H15BrN2OS2/c1-6(5-15(3)13)12-7(2)9-11-4-8(10)14-9/h4,6-7,12H,5H2,1-3H3. The van der Waals surface area contributed by atoms with Crippen LogP contribution in [0.2, 0.25) is 0 Å². The van der Waals surface area contributed by atoms with Crippen molar-refractivity contribution in [2.24, 2.45) is 0 Å². The van der Waals surface area contributed by atoms with Crippen LogP contribution in [0.25, 0.3) is 0 Å². The molecule has 0 radical (unpaired) electrons. The quantitative estimate of drug-likeness (QED) is 0.907. The van der Waals surface area contributed by atoms with E-state index in [4.69, 9.17) is 0 Å². The Hall–Kier alpha value is 0.220. The summed E-state index contributed by atoms with van der Waals surface area (Å²) in [6.45, 7) is 4.11. The molecule has 0 aliphatic rings. The first-order valence-electron chi connectivity index (χ1n) is 4.66. The molecular formula is C9H15BrN2OS2. The molecular weight excluding hydrogens is 296 g/mol. The predicted molar refractivity (Wildman–Crippen MR) is 69.8 cm³/mol. The fourth-order valence-electron chi connectivity index (χ4n) is 1.37. The lowest BCUT2D eigenvalue weighted by Crippen LogP contribution is -2.33. The number of thiazole rings is 1. The fourth-order valence-corrected chi connectivity index (χ4v) is 3.42. The van der Waals surface area contributed by atoms with E-state index in [9.17, 15) is 4.21 Å². The summed E-state index contributed by atoms with van der Waals surface area (Å²) in [7, 11) is -0.752. The van der Waals surface area contributed by atoms with Crippen LogP contribution in [0, 0.1) is 0 Å². The van der Waals surface area contributed by atoms with Crippen LogP contribution in [-0.2, 0) is 10.8 Å². The van der Waals surface area contributed by atoms with E-state index >= 15 is 0 Å². The van der Waals surface area contributed by atoms with Gasteiger partial charge in [-0.25, -0.2) is 4.98 Å². The Kier molecular flexibility index (Phi) is 5.38. The maximum absolute atomic E-state index is 11.0.